The van der Waals surface area contributed by atoms with Crippen molar-refractivity contribution in [1.29, 1.82) is 0 Å². The number of aliphatic carboxylic acids is 2. The van der Waals surface area contributed by atoms with Crippen LogP contribution in [-0.2, 0) is 32.1 Å². The Labute approximate surface area is 335 Å². The summed E-state index contributed by atoms with van der Waals surface area (Å²) >= 11 is 4.42. The molecule has 4 rings (SSSR count). The fourth-order valence-corrected chi connectivity index (χ4v) is 6.67. The number of fused-ring (bicyclic) bond motifs is 1. The van der Waals surface area contributed by atoms with E-state index >= 15 is 0 Å². The van der Waals surface area contributed by atoms with Crippen LogP contribution in [0.15, 0.2) is 71.1 Å². The van der Waals surface area contributed by atoms with E-state index in [2.05, 4.69) is 63.9 Å². The number of hydrogen-bond donors (Lipinski definition) is 5. The molecule has 0 amide bonds. The molecule has 3 atom stereocenters. The average Bonchev–Trinajstić information content (AvgIpc) is 3.51. The number of hydrogen-bond acceptors (Lipinski definition) is 11. The van der Waals surface area contributed by atoms with E-state index in [0.717, 1.165) is 44.5 Å². The lowest BCUT2D eigenvalue weighted by atomic mass is 9.99. The molecule has 0 bridgehead atoms. The summed E-state index contributed by atoms with van der Waals surface area (Å²) in [7, 11) is 0. The molecule has 0 radical (unpaired) electrons. The first-order valence-corrected chi connectivity index (χ1v) is 18.9. The van der Waals surface area contributed by atoms with E-state index in [4.69, 9.17) is 39.4 Å². The summed E-state index contributed by atoms with van der Waals surface area (Å²) in [6.07, 6.45) is -4.10. The average molecular weight is 962 g/mol. The topological polar surface area (TPSA) is 204 Å². The second kappa shape index (κ2) is 23.2. The molecule has 0 spiro atoms. The van der Waals surface area contributed by atoms with Crippen molar-refractivity contribution >= 4 is 79.8 Å². The molecule has 0 saturated heterocycles. The van der Waals surface area contributed by atoms with Gasteiger partial charge < -0.3 is 44.3 Å². The van der Waals surface area contributed by atoms with E-state index in [9.17, 15) is 19.2 Å². The molecule has 288 valence electrons. The maximum Gasteiger partial charge on any atom is 0.335 e. The van der Waals surface area contributed by atoms with Crippen molar-refractivity contribution in [2.24, 2.45) is 0 Å². The predicted octanol–water partition coefficient (Wildman–Crippen LogP) is 5.53. The number of ketones is 1. The van der Waals surface area contributed by atoms with E-state index < -0.39 is 30.1 Å². The van der Waals surface area contributed by atoms with Crippen LogP contribution in [0.3, 0.4) is 0 Å². The Morgan fingerprint density at radius 3 is 1.89 bits per heavy atom. The zero-order chi connectivity index (χ0) is 39.7. The summed E-state index contributed by atoms with van der Waals surface area (Å²) in [5.41, 5.74) is 2.47. The molecule has 0 aliphatic heterocycles. The van der Waals surface area contributed by atoms with Crippen molar-refractivity contribution in [3.05, 3.63) is 96.3 Å². The zero-order valence-corrected chi connectivity index (χ0v) is 34.1. The number of rotatable bonds is 16. The van der Waals surface area contributed by atoms with Crippen molar-refractivity contribution in [3.63, 3.8) is 0 Å². The molecular weight excluding hydrogens is 916 g/mol. The Balaban J connectivity index is 0.000000440. The number of aliphatic hydroxyl groups is 3. The molecule has 0 aliphatic carbocycles. The van der Waals surface area contributed by atoms with Gasteiger partial charge in [-0.15, -0.1) is 0 Å². The van der Waals surface area contributed by atoms with E-state index in [1.54, 1.807) is 6.07 Å². The van der Waals surface area contributed by atoms with Crippen LogP contribution < -0.4 is 4.74 Å². The summed E-state index contributed by atoms with van der Waals surface area (Å²) in [5, 5.41) is 41.8. The Kier molecular flexibility index (Phi) is 20.0. The zero-order valence-electron chi connectivity index (χ0n) is 29.8. The van der Waals surface area contributed by atoms with Crippen LogP contribution in [-0.4, -0.2) is 98.7 Å². The number of ether oxygens (including phenoxy) is 2. The fourth-order valence-electron chi connectivity index (χ4n) is 4.59. The maximum absolute atomic E-state index is 13.7. The van der Waals surface area contributed by atoms with Crippen LogP contribution in [0.5, 0.6) is 5.75 Å². The van der Waals surface area contributed by atoms with Gasteiger partial charge in [0, 0.05) is 17.5 Å². The highest BCUT2D eigenvalue weighted by Crippen LogP contribution is 2.33. The lowest BCUT2D eigenvalue weighted by Gasteiger charge is -2.19. The minimum atomic E-state index is -2.27. The minimum absolute atomic E-state index is 0.0964. The Bertz CT molecular complexity index is 1750. The number of likely N-dealkylation sites (N-methyl/N-ethyl adjacent to an activating group) is 1. The van der Waals surface area contributed by atoms with Crippen LogP contribution >= 0.6 is 45.2 Å². The molecule has 53 heavy (non-hydrogen) atoms. The molecular formula is C38H45I2NO12. The van der Waals surface area contributed by atoms with Crippen LogP contribution in [0.1, 0.15) is 61.4 Å². The number of carboxylic acids is 2. The third kappa shape index (κ3) is 14.3. The molecule has 5 N–H and O–H groups in total. The summed E-state index contributed by atoms with van der Waals surface area (Å²) < 4.78 is 19.2. The number of carbonyl (C=O) groups is 4. The Hall–Kier alpha value is -3.62. The molecule has 2 unspecified atom stereocenters. The smallest absolute Gasteiger partial charge is 0.335 e. The second-order valence-electron chi connectivity index (χ2n) is 11.5. The predicted molar refractivity (Wildman–Crippen MR) is 214 cm³/mol. The number of carbonyl (C=O) groups excluding carboxylic acids is 2. The number of aliphatic hydroxyl groups excluding tert-OH is 3. The molecule has 0 aliphatic rings. The number of carboxylic acid groups (broad SMARTS) is 2. The van der Waals surface area contributed by atoms with Crippen LogP contribution in [0, 0.1) is 7.14 Å². The molecule has 15 heteroatoms. The van der Waals surface area contributed by atoms with E-state index in [0.29, 0.717) is 34.5 Å². The first kappa shape index (κ1) is 45.5. The number of benzene rings is 3. The molecule has 1 aromatic heterocycles. The van der Waals surface area contributed by atoms with Gasteiger partial charge in [-0.05, 0) is 95.4 Å². The molecule has 1 heterocycles. The van der Waals surface area contributed by atoms with E-state index in [1.807, 2.05) is 74.5 Å². The van der Waals surface area contributed by atoms with Crippen LogP contribution in [0.2, 0.25) is 0 Å². The Morgan fingerprint density at radius 2 is 1.40 bits per heavy atom. The van der Waals surface area contributed by atoms with Gasteiger partial charge in [0.2, 0.25) is 0 Å². The summed E-state index contributed by atoms with van der Waals surface area (Å²) in [4.78, 5) is 48.1. The van der Waals surface area contributed by atoms with Crippen molar-refractivity contribution < 1.29 is 58.6 Å². The van der Waals surface area contributed by atoms with E-state index in [-0.39, 0.29) is 24.9 Å². The number of furan rings is 1. The lowest BCUT2D eigenvalue weighted by molar-refractivity contribution is -0.165. The molecule has 0 saturated carbocycles. The monoisotopic (exact) mass is 961 g/mol. The van der Waals surface area contributed by atoms with Gasteiger partial charge in [-0.3, -0.25) is 9.59 Å². The molecule has 0 fully saturated rings. The van der Waals surface area contributed by atoms with Gasteiger partial charge in [-0.2, -0.15) is 0 Å². The standard InChI is InChI=1S/C27H31I2NO5.C7H8O.C4H6O6/c1-5-17(4)34-24(31)16-23-25(19-10-8-9-11-22(19)35-23)26(32)18-14-20(28)27(21(29)15-18)33-13-12-30(6-2)7-3;8-6-7-4-2-1-3-5-7;5-1(3(7)8)2(6)4(9)10/h8-11,14-15,17H,5-7,12-13,16H2,1-4H3;1-5,8H,6H2;1-2,5-6H,(H,7,8)(H,9,10)/t17-;;/m0../s1. The number of para-hydroxylation sites is 1. The van der Waals surface area contributed by atoms with Gasteiger partial charge in [0.1, 0.15) is 30.1 Å². The highest BCUT2D eigenvalue weighted by atomic mass is 127. The van der Waals surface area contributed by atoms with Crippen molar-refractivity contribution in [2.75, 3.05) is 26.2 Å². The van der Waals surface area contributed by atoms with Gasteiger partial charge in [-0.25, -0.2) is 9.59 Å². The fraction of sp³-hybridized carbons (Fsp3) is 0.368. The molecule has 3 aromatic carbocycles. The van der Waals surface area contributed by atoms with Crippen molar-refractivity contribution in [3.8, 4) is 5.75 Å². The third-order valence-electron chi connectivity index (χ3n) is 7.75. The van der Waals surface area contributed by atoms with Gasteiger partial charge in [0.05, 0.1) is 25.4 Å². The minimum Gasteiger partial charge on any atom is -0.490 e. The van der Waals surface area contributed by atoms with Gasteiger partial charge >= 0.3 is 17.9 Å². The van der Waals surface area contributed by atoms with Crippen LogP contribution in [0.4, 0.5) is 0 Å². The highest BCUT2D eigenvalue weighted by Gasteiger charge is 2.29. The molecule has 13 nitrogen and oxygen atoms in total. The highest BCUT2D eigenvalue weighted by molar-refractivity contribution is 14.1. The number of nitrogens with zero attached hydrogens (tertiary/aromatic N) is 1. The maximum atomic E-state index is 13.7. The van der Waals surface area contributed by atoms with Gasteiger partial charge in [0.15, 0.2) is 18.0 Å². The first-order valence-electron chi connectivity index (χ1n) is 16.7. The van der Waals surface area contributed by atoms with Gasteiger partial charge in [0.25, 0.3) is 0 Å². The normalized spacial score (nSPS) is 12.4. The van der Waals surface area contributed by atoms with Gasteiger partial charge in [-0.1, -0.05) is 69.3 Å². The van der Waals surface area contributed by atoms with Crippen molar-refractivity contribution in [2.45, 2.75) is 65.5 Å². The third-order valence-corrected chi connectivity index (χ3v) is 9.35. The lowest BCUT2D eigenvalue weighted by Crippen LogP contribution is -2.39. The number of halogens is 2. The van der Waals surface area contributed by atoms with Crippen LogP contribution in [0.25, 0.3) is 11.0 Å². The molecule has 4 aromatic rings. The first-order chi connectivity index (χ1) is 25.2. The summed E-state index contributed by atoms with van der Waals surface area (Å²) in [5.74, 6) is -3.02. The summed E-state index contributed by atoms with van der Waals surface area (Å²) in [6, 6.07) is 20.5. The SMILES string of the molecule is CC[C@H](C)OC(=O)Cc1oc2ccccc2c1C(=O)c1cc(I)c(OCCN(CC)CC)c(I)c1.O=C(O)C(O)C(O)C(=O)O.OCc1ccccc1. The second-order valence-corrected chi connectivity index (χ2v) is 13.8. The van der Waals surface area contributed by atoms with E-state index in [1.165, 1.54) is 0 Å². The summed E-state index contributed by atoms with van der Waals surface area (Å²) in [6.45, 7) is 11.6. The number of esters is 1. The quantitative estimate of drug-likeness (QED) is 0.0533. The Morgan fingerprint density at radius 1 is 0.849 bits per heavy atom. The largest absolute Gasteiger partial charge is 0.490 e. The van der Waals surface area contributed by atoms with Crippen molar-refractivity contribution in [1.82, 2.24) is 4.90 Å².